The molecular formula is C24H21N5O2. The van der Waals surface area contributed by atoms with Crippen LogP contribution in [-0.4, -0.2) is 31.5 Å². The first-order valence-corrected chi connectivity index (χ1v) is 10.2. The highest BCUT2D eigenvalue weighted by Crippen LogP contribution is 2.28. The van der Waals surface area contributed by atoms with E-state index in [9.17, 15) is 4.79 Å². The highest BCUT2D eigenvalue weighted by Gasteiger charge is 2.18. The number of hydrogen-bond donors (Lipinski definition) is 0. The molecule has 0 aliphatic rings. The van der Waals surface area contributed by atoms with Crippen LogP contribution in [0.2, 0.25) is 0 Å². The zero-order chi connectivity index (χ0) is 21.4. The van der Waals surface area contributed by atoms with Crippen LogP contribution in [-0.2, 0) is 13.0 Å². The predicted molar refractivity (Wildman–Crippen MR) is 119 cm³/mol. The number of pyridine rings is 1. The van der Waals surface area contributed by atoms with Gasteiger partial charge in [0.15, 0.2) is 11.2 Å². The summed E-state index contributed by atoms with van der Waals surface area (Å²) >= 11 is 0. The minimum atomic E-state index is -0.215. The van der Waals surface area contributed by atoms with Crippen LogP contribution in [0.15, 0.2) is 71.7 Å². The lowest BCUT2D eigenvalue weighted by Gasteiger charge is -2.11. The van der Waals surface area contributed by atoms with Crippen molar-refractivity contribution >= 4 is 16.7 Å². The standard InChI is InChI=1S/C24H21N5O2/c1-3-18-21(16-9-5-4-6-10-16)23-26-25-22-19(29(23)27-18)13-14-28(24(22)30)15-17-11-7-8-12-20(17)31-2/h4-14H,3,15H2,1-2H3. The van der Waals surface area contributed by atoms with Gasteiger partial charge in [-0.15, -0.1) is 10.2 Å². The van der Waals surface area contributed by atoms with Crippen LogP contribution >= 0.6 is 0 Å². The van der Waals surface area contributed by atoms with Crippen LogP contribution in [0.4, 0.5) is 0 Å². The highest BCUT2D eigenvalue weighted by atomic mass is 16.5. The van der Waals surface area contributed by atoms with E-state index in [1.54, 1.807) is 22.4 Å². The third kappa shape index (κ3) is 3.15. The van der Waals surface area contributed by atoms with Crippen LogP contribution in [0.3, 0.4) is 0 Å². The van der Waals surface area contributed by atoms with Gasteiger partial charge in [-0.3, -0.25) is 4.79 Å². The largest absolute Gasteiger partial charge is 0.496 e. The molecule has 2 aromatic carbocycles. The minimum Gasteiger partial charge on any atom is -0.496 e. The van der Waals surface area contributed by atoms with Crippen molar-refractivity contribution < 1.29 is 4.74 Å². The summed E-state index contributed by atoms with van der Waals surface area (Å²) < 4.78 is 8.76. The van der Waals surface area contributed by atoms with Gasteiger partial charge in [-0.25, -0.2) is 4.52 Å². The minimum absolute atomic E-state index is 0.215. The number of rotatable bonds is 5. The second kappa shape index (κ2) is 7.68. The molecule has 0 N–H and O–H groups in total. The van der Waals surface area contributed by atoms with Gasteiger partial charge in [0.1, 0.15) is 11.3 Å². The van der Waals surface area contributed by atoms with Crippen molar-refractivity contribution in [2.45, 2.75) is 19.9 Å². The number of nitrogens with zero attached hydrogens (tertiary/aromatic N) is 5. The lowest BCUT2D eigenvalue weighted by Crippen LogP contribution is -2.22. The Morgan fingerprint density at radius 2 is 1.74 bits per heavy atom. The molecule has 0 saturated carbocycles. The Kier molecular flexibility index (Phi) is 4.71. The molecule has 3 heterocycles. The summed E-state index contributed by atoms with van der Waals surface area (Å²) in [5.41, 5.74) is 5.19. The van der Waals surface area contributed by atoms with E-state index in [0.29, 0.717) is 17.7 Å². The summed E-state index contributed by atoms with van der Waals surface area (Å²) in [7, 11) is 1.62. The van der Waals surface area contributed by atoms with Gasteiger partial charge in [0.25, 0.3) is 5.56 Å². The number of benzene rings is 2. The molecule has 7 nitrogen and oxygen atoms in total. The summed E-state index contributed by atoms with van der Waals surface area (Å²) in [6.45, 7) is 2.44. The second-order valence-corrected chi connectivity index (χ2v) is 7.27. The number of ether oxygens (including phenoxy) is 1. The molecule has 5 aromatic rings. The molecule has 0 fully saturated rings. The van der Waals surface area contributed by atoms with Gasteiger partial charge in [0.05, 0.1) is 24.9 Å². The quantitative estimate of drug-likeness (QED) is 0.441. The van der Waals surface area contributed by atoms with E-state index in [1.807, 2.05) is 60.7 Å². The van der Waals surface area contributed by atoms with E-state index < -0.39 is 0 Å². The molecular weight excluding hydrogens is 390 g/mol. The van der Waals surface area contributed by atoms with Gasteiger partial charge in [-0.05, 0) is 24.1 Å². The molecule has 154 valence electrons. The summed E-state index contributed by atoms with van der Waals surface area (Å²) in [5, 5.41) is 13.5. The Hall–Kier alpha value is -4.00. The summed E-state index contributed by atoms with van der Waals surface area (Å²) in [4.78, 5) is 13.2. The van der Waals surface area contributed by atoms with Crippen molar-refractivity contribution in [1.82, 2.24) is 24.4 Å². The van der Waals surface area contributed by atoms with Crippen molar-refractivity contribution in [3.63, 3.8) is 0 Å². The molecule has 0 spiro atoms. The first-order chi connectivity index (χ1) is 15.2. The molecule has 0 aliphatic heterocycles. The van der Waals surface area contributed by atoms with Crippen LogP contribution in [0, 0.1) is 0 Å². The summed E-state index contributed by atoms with van der Waals surface area (Å²) in [6, 6.07) is 19.5. The van der Waals surface area contributed by atoms with E-state index in [-0.39, 0.29) is 11.1 Å². The van der Waals surface area contributed by atoms with E-state index in [1.165, 1.54) is 0 Å². The van der Waals surface area contributed by atoms with Gasteiger partial charge in [0.2, 0.25) is 0 Å². The maximum Gasteiger partial charge on any atom is 0.280 e. The maximum absolute atomic E-state index is 13.2. The van der Waals surface area contributed by atoms with Crippen molar-refractivity contribution in [3.8, 4) is 16.9 Å². The Morgan fingerprint density at radius 3 is 2.52 bits per heavy atom. The van der Waals surface area contributed by atoms with Crippen molar-refractivity contribution in [3.05, 3.63) is 88.5 Å². The van der Waals surface area contributed by atoms with Gasteiger partial charge in [0, 0.05) is 11.8 Å². The van der Waals surface area contributed by atoms with Gasteiger partial charge in [-0.1, -0.05) is 55.5 Å². The Bertz CT molecular complexity index is 1450. The number of fused-ring (bicyclic) bond motifs is 3. The number of aryl methyl sites for hydroxylation is 1. The molecule has 0 atom stereocenters. The highest BCUT2D eigenvalue weighted by molar-refractivity contribution is 5.84. The fourth-order valence-electron chi connectivity index (χ4n) is 3.92. The number of methoxy groups -OCH3 is 1. The van der Waals surface area contributed by atoms with Crippen molar-refractivity contribution in [2.75, 3.05) is 7.11 Å². The Balaban J connectivity index is 1.68. The van der Waals surface area contributed by atoms with Crippen LogP contribution < -0.4 is 10.3 Å². The third-order valence-electron chi connectivity index (χ3n) is 5.46. The third-order valence-corrected chi connectivity index (χ3v) is 5.46. The van der Waals surface area contributed by atoms with Gasteiger partial charge in [-0.2, -0.15) is 5.10 Å². The second-order valence-electron chi connectivity index (χ2n) is 7.27. The zero-order valence-corrected chi connectivity index (χ0v) is 17.3. The first-order valence-electron chi connectivity index (χ1n) is 10.2. The SMILES string of the molecule is CCc1nn2c(nnc3c(=O)n(Cc4ccccc4OC)ccc32)c1-c1ccccc1. The molecule has 7 heteroatoms. The maximum atomic E-state index is 13.2. The van der Waals surface area contributed by atoms with Crippen LogP contribution in [0.5, 0.6) is 5.75 Å². The normalized spacial score (nSPS) is 11.3. The molecule has 0 unspecified atom stereocenters. The molecule has 0 radical (unpaired) electrons. The average Bonchev–Trinajstić information content (AvgIpc) is 3.21. The summed E-state index contributed by atoms with van der Waals surface area (Å²) in [5.74, 6) is 0.739. The van der Waals surface area contributed by atoms with E-state index in [4.69, 9.17) is 9.84 Å². The zero-order valence-electron chi connectivity index (χ0n) is 17.3. The van der Waals surface area contributed by atoms with E-state index in [2.05, 4.69) is 17.1 Å². The number of hydrogen-bond acceptors (Lipinski definition) is 5. The summed E-state index contributed by atoms with van der Waals surface area (Å²) in [6.07, 6.45) is 2.52. The smallest absolute Gasteiger partial charge is 0.280 e. The number of para-hydroxylation sites is 1. The average molecular weight is 411 g/mol. The molecule has 0 saturated heterocycles. The van der Waals surface area contributed by atoms with Crippen molar-refractivity contribution in [2.24, 2.45) is 0 Å². The van der Waals surface area contributed by atoms with E-state index in [0.717, 1.165) is 34.6 Å². The fourth-order valence-corrected chi connectivity index (χ4v) is 3.92. The molecule has 31 heavy (non-hydrogen) atoms. The number of aromatic nitrogens is 5. The fraction of sp³-hybridized carbons (Fsp3) is 0.167. The monoisotopic (exact) mass is 411 g/mol. The van der Waals surface area contributed by atoms with Crippen LogP contribution in [0.25, 0.3) is 27.8 Å². The van der Waals surface area contributed by atoms with Gasteiger partial charge >= 0.3 is 0 Å². The molecule has 3 aromatic heterocycles. The van der Waals surface area contributed by atoms with Gasteiger partial charge < -0.3 is 9.30 Å². The first kappa shape index (κ1) is 19.0. The topological polar surface area (TPSA) is 74.3 Å². The predicted octanol–water partition coefficient (Wildman–Crippen LogP) is 3.73. The van der Waals surface area contributed by atoms with E-state index >= 15 is 0 Å². The lowest BCUT2D eigenvalue weighted by atomic mass is 10.0. The molecule has 5 rings (SSSR count). The lowest BCUT2D eigenvalue weighted by molar-refractivity contribution is 0.408. The molecule has 0 bridgehead atoms. The molecule has 0 amide bonds. The van der Waals surface area contributed by atoms with Crippen molar-refractivity contribution in [1.29, 1.82) is 0 Å². The Labute approximate surface area is 178 Å². The van der Waals surface area contributed by atoms with Crippen LogP contribution in [0.1, 0.15) is 18.2 Å². The Morgan fingerprint density at radius 1 is 0.968 bits per heavy atom. The molecule has 0 aliphatic carbocycles.